The molecule has 4 nitrogen and oxygen atoms in total. The van der Waals surface area contributed by atoms with Crippen molar-refractivity contribution in [2.75, 3.05) is 0 Å². The molecule has 0 aliphatic carbocycles. The first-order valence-electron chi connectivity index (χ1n) is 4.93. The largest absolute Gasteiger partial charge is 0.456 e. The molecule has 1 aromatic carbocycles. The topological polar surface area (TPSA) is 69.4 Å². The van der Waals surface area contributed by atoms with Gasteiger partial charge in [0.15, 0.2) is 0 Å². The molecule has 1 rings (SSSR count). The van der Waals surface area contributed by atoms with Crippen LogP contribution in [0, 0.1) is 0 Å². The molecule has 4 heteroatoms. The molecule has 0 spiro atoms. The normalized spacial score (nSPS) is 10.9. The lowest BCUT2D eigenvalue weighted by Crippen LogP contribution is -2.26. The Kier molecular flexibility index (Phi) is 3.32. The van der Waals surface area contributed by atoms with Gasteiger partial charge in [-0.25, -0.2) is 4.79 Å². The first-order valence-corrected chi connectivity index (χ1v) is 4.93. The Bertz CT molecular complexity index is 419. The number of benzene rings is 1. The average molecular weight is 221 g/mol. The van der Waals surface area contributed by atoms with Crippen LogP contribution < -0.4 is 5.73 Å². The fourth-order valence-corrected chi connectivity index (χ4v) is 1.21. The summed E-state index contributed by atoms with van der Waals surface area (Å²) in [6.45, 7) is 5.29. The number of primary amides is 1. The fourth-order valence-electron chi connectivity index (χ4n) is 1.21. The maximum atomic E-state index is 11.8. The van der Waals surface area contributed by atoms with Gasteiger partial charge in [-0.15, -0.1) is 0 Å². The molecule has 0 aliphatic rings. The van der Waals surface area contributed by atoms with Gasteiger partial charge in [-0.05, 0) is 32.9 Å². The number of nitrogens with two attached hydrogens (primary N) is 1. The minimum absolute atomic E-state index is 0.178. The highest BCUT2D eigenvalue weighted by molar-refractivity contribution is 6.04. The summed E-state index contributed by atoms with van der Waals surface area (Å²) in [5.41, 5.74) is 4.95. The highest BCUT2D eigenvalue weighted by Gasteiger charge is 2.21. The lowest BCUT2D eigenvalue weighted by Gasteiger charge is -2.20. The van der Waals surface area contributed by atoms with Crippen LogP contribution in [0.5, 0.6) is 0 Å². The van der Waals surface area contributed by atoms with Crippen molar-refractivity contribution in [1.29, 1.82) is 0 Å². The van der Waals surface area contributed by atoms with Crippen molar-refractivity contribution >= 4 is 11.9 Å². The van der Waals surface area contributed by atoms with E-state index in [2.05, 4.69) is 0 Å². The first kappa shape index (κ1) is 12.2. The molecular formula is C12H15NO3. The van der Waals surface area contributed by atoms with Gasteiger partial charge in [0.1, 0.15) is 5.60 Å². The Hall–Kier alpha value is -1.84. The predicted octanol–water partition coefficient (Wildman–Crippen LogP) is 1.74. The van der Waals surface area contributed by atoms with Gasteiger partial charge < -0.3 is 10.5 Å². The van der Waals surface area contributed by atoms with Crippen LogP contribution in [0.3, 0.4) is 0 Å². The molecule has 2 N–H and O–H groups in total. The lowest BCUT2D eigenvalue weighted by atomic mass is 10.1. The van der Waals surface area contributed by atoms with Gasteiger partial charge >= 0.3 is 5.97 Å². The molecule has 0 saturated heterocycles. The molecule has 86 valence electrons. The SMILES string of the molecule is CC(C)(C)OC(=O)c1ccccc1C(N)=O. The molecule has 1 aromatic rings. The van der Waals surface area contributed by atoms with Crippen molar-refractivity contribution in [2.24, 2.45) is 5.73 Å². The van der Waals surface area contributed by atoms with Gasteiger partial charge in [0.2, 0.25) is 5.91 Å². The van der Waals surface area contributed by atoms with Crippen molar-refractivity contribution in [3.8, 4) is 0 Å². The monoisotopic (exact) mass is 221 g/mol. The second-order valence-corrected chi connectivity index (χ2v) is 4.41. The van der Waals surface area contributed by atoms with Crippen molar-refractivity contribution < 1.29 is 14.3 Å². The summed E-state index contributed by atoms with van der Waals surface area (Å²) in [5, 5.41) is 0. The molecule has 0 saturated carbocycles. The highest BCUT2D eigenvalue weighted by atomic mass is 16.6. The van der Waals surface area contributed by atoms with Crippen molar-refractivity contribution in [3.05, 3.63) is 35.4 Å². The third-order valence-electron chi connectivity index (χ3n) is 1.81. The van der Waals surface area contributed by atoms with Crippen LogP contribution in [0.2, 0.25) is 0 Å². The second-order valence-electron chi connectivity index (χ2n) is 4.41. The summed E-state index contributed by atoms with van der Waals surface area (Å²) in [5.74, 6) is -1.18. The maximum absolute atomic E-state index is 11.8. The van der Waals surface area contributed by atoms with Crippen LogP contribution in [-0.4, -0.2) is 17.5 Å². The number of hydrogen-bond donors (Lipinski definition) is 1. The molecular weight excluding hydrogens is 206 g/mol. The molecule has 0 radical (unpaired) electrons. The fraction of sp³-hybridized carbons (Fsp3) is 0.333. The van der Waals surface area contributed by atoms with Gasteiger partial charge in [0.05, 0.1) is 11.1 Å². The lowest BCUT2D eigenvalue weighted by molar-refractivity contribution is 0.00677. The highest BCUT2D eigenvalue weighted by Crippen LogP contribution is 2.15. The molecule has 0 aliphatic heterocycles. The Morgan fingerprint density at radius 1 is 1.12 bits per heavy atom. The van der Waals surface area contributed by atoms with E-state index in [0.29, 0.717) is 0 Å². The molecule has 1 amide bonds. The van der Waals surface area contributed by atoms with Crippen LogP contribution in [0.15, 0.2) is 24.3 Å². The van der Waals surface area contributed by atoms with Crippen LogP contribution >= 0.6 is 0 Å². The minimum Gasteiger partial charge on any atom is -0.456 e. The van der Waals surface area contributed by atoms with E-state index in [4.69, 9.17) is 10.5 Å². The average Bonchev–Trinajstić information content (AvgIpc) is 2.15. The van der Waals surface area contributed by atoms with E-state index >= 15 is 0 Å². The van der Waals surface area contributed by atoms with Crippen molar-refractivity contribution in [3.63, 3.8) is 0 Å². The number of esters is 1. The number of hydrogen-bond acceptors (Lipinski definition) is 3. The third-order valence-corrected chi connectivity index (χ3v) is 1.81. The van der Waals surface area contributed by atoms with Crippen LogP contribution in [-0.2, 0) is 4.74 Å². The summed E-state index contributed by atoms with van der Waals surface area (Å²) >= 11 is 0. The van der Waals surface area contributed by atoms with Crippen molar-refractivity contribution in [1.82, 2.24) is 0 Å². The van der Waals surface area contributed by atoms with E-state index < -0.39 is 17.5 Å². The van der Waals surface area contributed by atoms with E-state index in [1.54, 1.807) is 32.9 Å². The number of carbonyl (C=O) groups excluding carboxylic acids is 2. The second kappa shape index (κ2) is 4.35. The summed E-state index contributed by atoms with van der Waals surface area (Å²) in [6, 6.07) is 6.33. The smallest absolute Gasteiger partial charge is 0.339 e. The molecule has 16 heavy (non-hydrogen) atoms. The molecule has 0 fully saturated rings. The predicted molar refractivity (Wildman–Crippen MR) is 60.1 cm³/mol. The number of carbonyl (C=O) groups is 2. The minimum atomic E-state index is -0.638. The Morgan fingerprint density at radius 2 is 1.62 bits per heavy atom. The standard InChI is InChI=1S/C12H15NO3/c1-12(2,3)16-11(15)9-7-5-4-6-8(9)10(13)14/h4-7H,1-3H3,(H2,13,14). The summed E-state index contributed by atoms with van der Waals surface area (Å²) in [6.07, 6.45) is 0. The van der Waals surface area contributed by atoms with E-state index in [9.17, 15) is 9.59 Å². The van der Waals surface area contributed by atoms with Crippen LogP contribution in [0.25, 0.3) is 0 Å². The van der Waals surface area contributed by atoms with Gasteiger partial charge in [-0.3, -0.25) is 4.79 Å². The number of rotatable bonds is 2. The number of amides is 1. The zero-order chi connectivity index (χ0) is 12.3. The molecule has 0 bridgehead atoms. The van der Waals surface area contributed by atoms with Gasteiger partial charge in [0, 0.05) is 0 Å². The number of ether oxygens (including phenoxy) is 1. The molecule has 0 atom stereocenters. The summed E-state index contributed by atoms with van der Waals surface area (Å²) < 4.78 is 5.17. The van der Waals surface area contributed by atoms with Crippen LogP contribution in [0.1, 0.15) is 41.5 Å². The summed E-state index contributed by atoms with van der Waals surface area (Å²) in [7, 11) is 0. The Balaban J connectivity index is 3.04. The van der Waals surface area contributed by atoms with Crippen molar-refractivity contribution in [2.45, 2.75) is 26.4 Å². The Morgan fingerprint density at radius 3 is 2.06 bits per heavy atom. The van der Waals surface area contributed by atoms with E-state index in [-0.39, 0.29) is 11.1 Å². The van der Waals surface area contributed by atoms with Crippen LogP contribution in [0.4, 0.5) is 0 Å². The van der Waals surface area contributed by atoms with Gasteiger partial charge in [-0.1, -0.05) is 12.1 Å². The third kappa shape index (κ3) is 3.08. The van der Waals surface area contributed by atoms with E-state index in [1.165, 1.54) is 12.1 Å². The Labute approximate surface area is 94.4 Å². The zero-order valence-electron chi connectivity index (χ0n) is 9.61. The first-order chi connectivity index (χ1) is 7.31. The molecule has 0 unspecified atom stereocenters. The quantitative estimate of drug-likeness (QED) is 0.773. The summed E-state index contributed by atoms with van der Waals surface area (Å²) in [4.78, 5) is 22.9. The van der Waals surface area contributed by atoms with Gasteiger partial charge in [-0.2, -0.15) is 0 Å². The zero-order valence-corrected chi connectivity index (χ0v) is 9.61. The maximum Gasteiger partial charge on any atom is 0.339 e. The van der Waals surface area contributed by atoms with E-state index in [1.807, 2.05) is 0 Å². The van der Waals surface area contributed by atoms with E-state index in [0.717, 1.165) is 0 Å². The molecule has 0 heterocycles. The van der Waals surface area contributed by atoms with Gasteiger partial charge in [0.25, 0.3) is 0 Å². The molecule has 0 aromatic heterocycles.